The maximum Gasteiger partial charge on any atom is 0.697 e. The summed E-state index contributed by atoms with van der Waals surface area (Å²) in [4.78, 5) is 0. The van der Waals surface area contributed by atoms with Crippen molar-refractivity contribution in [2.24, 2.45) is 0 Å². The number of unbranched alkanes of at least 4 members (excludes halogenated alkanes) is 13. The molecule has 0 N–H and O–H groups in total. The molecule has 0 saturated heterocycles. The maximum atomic E-state index is 11.6. The van der Waals surface area contributed by atoms with E-state index >= 15 is 0 Å². The first kappa shape index (κ1) is 26.0. The van der Waals surface area contributed by atoms with Crippen LogP contribution < -0.4 is 0 Å². The molecule has 0 aromatic rings. The first-order valence-electron chi connectivity index (χ1n) is 11.0. The van der Waals surface area contributed by atoms with Crippen molar-refractivity contribution in [3.63, 3.8) is 0 Å². The van der Waals surface area contributed by atoms with Gasteiger partial charge in [-0.15, -0.1) is 9.05 Å². The van der Waals surface area contributed by atoms with E-state index in [0.29, 0.717) is 13.2 Å². The molecule has 0 bridgehead atoms. The minimum Gasteiger partial charge on any atom is -0.329 e. The van der Waals surface area contributed by atoms with E-state index in [1.807, 2.05) is 0 Å². The van der Waals surface area contributed by atoms with Crippen molar-refractivity contribution in [3.8, 4) is 0 Å². The van der Waals surface area contributed by atoms with Crippen molar-refractivity contribution in [1.29, 1.82) is 0 Å². The highest BCUT2D eigenvalue weighted by atomic mass is 31.1. The van der Waals surface area contributed by atoms with Gasteiger partial charge in [-0.1, -0.05) is 90.4 Å². The Balaban J connectivity index is 3.16. The highest BCUT2D eigenvalue weighted by molar-refractivity contribution is 7.33. The molecular weight excluding hydrogens is 345 g/mol. The Bertz CT molecular complexity index is 319. The summed E-state index contributed by atoms with van der Waals surface area (Å²) in [6.45, 7) is 4.15. The molecule has 0 spiro atoms. The summed E-state index contributed by atoms with van der Waals surface area (Å²) in [5.74, 6) is 0. The minimum absolute atomic E-state index is 0.484. The van der Waals surface area contributed by atoms with Crippen LogP contribution in [0, 0.1) is 0 Å². The molecule has 0 fully saturated rings. The molecule has 1 unspecified atom stereocenters. The van der Waals surface area contributed by atoms with Gasteiger partial charge >= 0.3 is 8.25 Å². The SMILES string of the molecule is CCCCCCCCCCCCCCCCO[P+](=O)OCC[N+](C)(C)C. The molecule has 0 aliphatic carbocycles. The molecule has 0 aromatic heterocycles. The van der Waals surface area contributed by atoms with E-state index < -0.39 is 8.25 Å². The Morgan fingerprint density at radius 2 is 1.00 bits per heavy atom. The molecule has 0 aromatic carbocycles. The van der Waals surface area contributed by atoms with E-state index in [0.717, 1.165) is 17.4 Å². The Kier molecular flexibility index (Phi) is 18.3. The molecule has 0 rings (SSSR count). The molecule has 1 atom stereocenters. The topological polar surface area (TPSA) is 35.5 Å². The lowest BCUT2D eigenvalue weighted by molar-refractivity contribution is -0.870. The second-order valence-electron chi connectivity index (χ2n) is 8.50. The number of hydrogen-bond donors (Lipinski definition) is 0. The van der Waals surface area contributed by atoms with E-state index in [9.17, 15) is 4.57 Å². The summed E-state index contributed by atoms with van der Waals surface area (Å²) < 4.78 is 22.8. The largest absolute Gasteiger partial charge is 0.697 e. The van der Waals surface area contributed by atoms with E-state index in [1.165, 1.54) is 83.5 Å². The molecule has 0 amide bonds. The van der Waals surface area contributed by atoms with Crippen LogP contribution in [0.2, 0.25) is 0 Å². The predicted molar refractivity (Wildman–Crippen MR) is 113 cm³/mol. The lowest BCUT2D eigenvalue weighted by Crippen LogP contribution is -2.37. The molecule has 0 radical (unpaired) electrons. The van der Waals surface area contributed by atoms with Crippen molar-refractivity contribution < 1.29 is 18.1 Å². The third-order valence-electron chi connectivity index (χ3n) is 4.65. The van der Waals surface area contributed by atoms with E-state index in [1.54, 1.807) is 0 Å². The van der Waals surface area contributed by atoms with Crippen molar-refractivity contribution in [3.05, 3.63) is 0 Å². The first-order chi connectivity index (χ1) is 12.5. The standard InChI is InChI=1S/C21H46NO3P/c1-5-6-7-8-9-10-11-12-13-14-15-16-17-18-20-24-26(23)25-21-19-22(2,3)4/h5-21H2,1-4H3/q+2. The monoisotopic (exact) mass is 391 g/mol. The van der Waals surface area contributed by atoms with Gasteiger partial charge in [-0.05, 0) is 6.42 Å². The highest BCUT2D eigenvalue weighted by Gasteiger charge is 2.21. The van der Waals surface area contributed by atoms with Crippen LogP contribution in [0.4, 0.5) is 0 Å². The molecule has 156 valence electrons. The number of quaternary nitrogens is 1. The van der Waals surface area contributed by atoms with Gasteiger partial charge in [0.1, 0.15) is 13.2 Å². The average Bonchev–Trinajstić information content (AvgIpc) is 2.57. The quantitative estimate of drug-likeness (QED) is 0.129. The Morgan fingerprint density at radius 3 is 1.42 bits per heavy atom. The number of nitrogens with zero attached hydrogens (tertiary/aromatic N) is 1. The average molecular weight is 392 g/mol. The van der Waals surface area contributed by atoms with Crippen molar-refractivity contribution >= 4 is 8.25 Å². The van der Waals surface area contributed by atoms with Crippen LogP contribution in [0.3, 0.4) is 0 Å². The Morgan fingerprint density at radius 1 is 0.615 bits per heavy atom. The molecule has 0 saturated carbocycles. The maximum absolute atomic E-state index is 11.6. The van der Waals surface area contributed by atoms with E-state index in [2.05, 4.69) is 28.1 Å². The van der Waals surface area contributed by atoms with Gasteiger partial charge in [-0.25, -0.2) is 0 Å². The summed E-state index contributed by atoms with van der Waals surface area (Å²) in [7, 11) is 4.33. The lowest BCUT2D eigenvalue weighted by Gasteiger charge is -2.21. The van der Waals surface area contributed by atoms with E-state index in [4.69, 9.17) is 9.05 Å². The molecule has 0 aliphatic heterocycles. The molecular formula is C21H46NO3P+2. The zero-order chi connectivity index (χ0) is 19.5. The molecule has 0 aliphatic rings. The van der Waals surface area contributed by atoms with Crippen LogP contribution in [0.5, 0.6) is 0 Å². The summed E-state index contributed by atoms with van der Waals surface area (Å²) in [5, 5.41) is 0. The van der Waals surface area contributed by atoms with Crippen molar-refractivity contribution in [1.82, 2.24) is 0 Å². The third-order valence-corrected chi connectivity index (χ3v) is 5.44. The van der Waals surface area contributed by atoms with Gasteiger partial charge in [0.2, 0.25) is 0 Å². The van der Waals surface area contributed by atoms with Gasteiger partial charge in [-0.2, -0.15) is 0 Å². The van der Waals surface area contributed by atoms with Crippen LogP contribution in [-0.2, 0) is 13.6 Å². The van der Waals surface area contributed by atoms with Gasteiger partial charge in [0.05, 0.1) is 21.1 Å². The van der Waals surface area contributed by atoms with Gasteiger partial charge in [-0.3, -0.25) is 0 Å². The van der Waals surface area contributed by atoms with Crippen LogP contribution in [0.15, 0.2) is 0 Å². The minimum atomic E-state index is -1.94. The second kappa shape index (κ2) is 18.3. The summed E-state index contributed by atoms with van der Waals surface area (Å²) in [6.07, 6.45) is 18.8. The van der Waals surface area contributed by atoms with Crippen LogP contribution >= 0.6 is 8.25 Å². The lowest BCUT2D eigenvalue weighted by atomic mass is 10.0. The fraction of sp³-hybridized carbons (Fsp3) is 1.00. The summed E-state index contributed by atoms with van der Waals surface area (Å²) in [6, 6.07) is 0. The number of rotatable bonds is 20. The highest BCUT2D eigenvalue weighted by Crippen LogP contribution is 2.24. The van der Waals surface area contributed by atoms with Gasteiger partial charge < -0.3 is 4.48 Å². The van der Waals surface area contributed by atoms with Crippen LogP contribution in [0.25, 0.3) is 0 Å². The zero-order valence-corrected chi connectivity index (χ0v) is 19.0. The molecule has 0 heterocycles. The zero-order valence-electron chi connectivity index (χ0n) is 18.1. The van der Waals surface area contributed by atoms with Gasteiger partial charge in [0, 0.05) is 4.57 Å². The smallest absolute Gasteiger partial charge is 0.329 e. The van der Waals surface area contributed by atoms with Crippen molar-refractivity contribution in [2.75, 3.05) is 40.9 Å². The number of likely N-dealkylation sites (N-methyl/N-ethyl adjacent to an activating group) is 1. The fourth-order valence-electron chi connectivity index (χ4n) is 2.86. The van der Waals surface area contributed by atoms with Gasteiger partial charge in [0.25, 0.3) is 0 Å². The Hall–Kier alpha value is -0.0200. The normalized spacial score (nSPS) is 12.5. The summed E-state index contributed by atoms with van der Waals surface area (Å²) >= 11 is 0. The fourth-order valence-corrected chi connectivity index (χ4v) is 3.45. The van der Waals surface area contributed by atoms with E-state index in [-0.39, 0.29) is 0 Å². The third kappa shape index (κ3) is 22.0. The summed E-state index contributed by atoms with van der Waals surface area (Å²) in [5.41, 5.74) is 0. The molecule has 26 heavy (non-hydrogen) atoms. The Labute approximate surface area is 164 Å². The van der Waals surface area contributed by atoms with Crippen molar-refractivity contribution in [2.45, 2.75) is 96.8 Å². The van der Waals surface area contributed by atoms with Gasteiger partial charge in [0.15, 0.2) is 6.61 Å². The molecule has 5 heteroatoms. The van der Waals surface area contributed by atoms with Crippen LogP contribution in [-0.4, -0.2) is 45.4 Å². The first-order valence-corrected chi connectivity index (χ1v) is 12.1. The second-order valence-corrected chi connectivity index (χ2v) is 9.46. The predicted octanol–water partition coefficient (Wildman–Crippen LogP) is 6.86. The van der Waals surface area contributed by atoms with Crippen LogP contribution in [0.1, 0.15) is 96.8 Å². The number of hydrogen-bond acceptors (Lipinski definition) is 3. The molecule has 4 nitrogen and oxygen atoms in total.